The van der Waals surface area contributed by atoms with Crippen LogP contribution in [0.3, 0.4) is 0 Å². The van der Waals surface area contributed by atoms with Gasteiger partial charge in [0, 0.05) is 0 Å². The van der Waals surface area contributed by atoms with Crippen LogP contribution in [-0.2, 0) is 0 Å². The molecule has 0 aliphatic rings. The Morgan fingerprint density at radius 3 is 2.63 bits per heavy atom. The number of hydrogen-bond donors (Lipinski definition) is 1. The molecule has 0 amide bonds. The molecule has 2 aromatic heterocycles. The summed E-state index contributed by atoms with van der Waals surface area (Å²) in [6, 6.07) is 6.27. The Balaban J connectivity index is 2.14. The van der Waals surface area contributed by atoms with E-state index in [1.165, 1.54) is 11.1 Å². The van der Waals surface area contributed by atoms with Gasteiger partial charge in [0.25, 0.3) is 0 Å². The van der Waals surface area contributed by atoms with E-state index in [0.29, 0.717) is 0 Å². The van der Waals surface area contributed by atoms with E-state index in [4.69, 9.17) is 0 Å². The van der Waals surface area contributed by atoms with E-state index in [9.17, 15) is 0 Å². The Morgan fingerprint density at radius 1 is 1.11 bits per heavy atom. The van der Waals surface area contributed by atoms with Gasteiger partial charge in [-0.1, -0.05) is 17.7 Å². The van der Waals surface area contributed by atoms with Gasteiger partial charge < -0.3 is 4.98 Å². The molecule has 3 rings (SSSR count). The number of imidazole rings is 1. The van der Waals surface area contributed by atoms with Crippen molar-refractivity contribution in [3.8, 4) is 17.2 Å². The van der Waals surface area contributed by atoms with E-state index in [0.717, 1.165) is 23.0 Å². The molecule has 0 saturated carbocycles. The van der Waals surface area contributed by atoms with Crippen LogP contribution < -0.4 is 0 Å². The minimum absolute atomic E-state index is 0.771. The molecule has 19 heavy (non-hydrogen) atoms. The molecule has 0 atom stereocenters. The summed E-state index contributed by atoms with van der Waals surface area (Å²) < 4.78 is 1.84. The fourth-order valence-electron chi connectivity index (χ4n) is 2.18. The standard InChI is InChI=1S/C14H15N5/c1-9-4-5-13(10(2)6-9)19-14(16-8-17-19)12-7-15-11(3)18-12/h4-8H,1-3H3,(H,15,18). The number of H-pyrrole nitrogens is 1. The van der Waals surface area contributed by atoms with Gasteiger partial charge in [0.2, 0.25) is 0 Å². The largest absolute Gasteiger partial charge is 0.340 e. The van der Waals surface area contributed by atoms with E-state index in [2.05, 4.69) is 52.1 Å². The predicted octanol–water partition coefficient (Wildman–Crippen LogP) is 2.58. The molecule has 5 nitrogen and oxygen atoms in total. The minimum atomic E-state index is 0.771. The molecule has 0 spiro atoms. The quantitative estimate of drug-likeness (QED) is 0.763. The van der Waals surface area contributed by atoms with Crippen LogP contribution in [0.2, 0.25) is 0 Å². The molecular formula is C14H15N5. The van der Waals surface area contributed by atoms with Gasteiger partial charge in [-0.2, -0.15) is 5.10 Å². The Morgan fingerprint density at radius 2 is 1.95 bits per heavy atom. The second kappa shape index (κ2) is 4.35. The van der Waals surface area contributed by atoms with Crippen LogP contribution in [0.15, 0.2) is 30.7 Å². The highest BCUT2D eigenvalue weighted by Crippen LogP contribution is 2.21. The summed E-state index contributed by atoms with van der Waals surface area (Å²) in [5, 5.41) is 4.32. The third-order valence-corrected chi connectivity index (χ3v) is 3.07. The molecule has 2 heterocycles. The van der Waals surface area contributed by atoms with Crippen LogP contribution in [0.25, 0.3) is 17.2 Å². The molecule has 5 heteroatoms. The van der Waals surface area contributed by atoms with Gasteiger partial charge in [0.15, 0.2) is 5.82 Å². The zero-order valence-electron chi connectivity index (χ0n) is 11.2. The zero-order chi connectivity index (χ0) is 13.4. The maximum atomic E-state index is 4.32. The smallest absolute Gasteiger partial charge is 0.181 e. The summed E-state index contributed by atoms with van der Waals surface area (Å²) >= 11 is 0. The highest BCUT2D eigenvalue weighted by atomic mass is 15.3. The molecule has 96 valence electrons. The molecule has 0 radical (unpaired) electrons. The van der Waals surface area contributed by atoms with Gasteiger partial charge in [-0.15, -0.1) is 0 Å². The Labute approximate surface area is 111 Å². The highest BCUT2D eigenvalue weighted by Gasteiger charge is 2.12. The molecule has 0 aliphatic heterocycles. The number of nitrogens with one attached hydrogen (secondary N) is 1. The number of hydrogen-bond acceptors (Lipinski definition) is 3. The minimum Gasteiger partial charge on any atom is -0.340 e. The van der Waals surface area contributed by atoms with Crippen molar-refractivity contribution in [1.82, 2.24) is 24.7 Å². The van der Waals surface area contributed by atoms with Crippen molar-refractivity contribution < 1.29 is 0 Å². The van der Waals surface area contributed by atoms with Gasteiger partial charge in [-0.05, 0) is 32.4 Å². The number of nitrogens with zero attached hydrogens (tertiary/aromatic N) is 4. The van der Waals surface area contributed by atoms with E-state index >= 15 is 0 Å². The van der Waals surface area contributed by atoms with Gasteiger partial charge in [0.1, 0.15) is 17.8 Å². The summed E-state index contributed by atoms with van der Waals surface area (Å²) in [4.78, 5) is 11.7. The third kappa shape index (κ3) is 2.03. The summed E-state index contributed by atoms with van der Waals surface area (Å²) in [7, 11) is 0. The SMILES string of the molecule is Cc1ccc(-n2ncnc2-c2cnc(C)[nH]2)c(C)c1. The van der Waals surface area contributed by atoms with Crippen molar-refractivity contribution in [3.63, 3.8) is 0 Å². The Kier molecular flexibility index (Phi) is 2.67. The van der Waals surface area contributed by atoms with Crippen LogP contribution >= 0.6 is 0 Å². The number of aromatic amines is 1. The summed E-state index contributed by atoms with van der Waals surface area (Å²) in [6.45, 7) is 6.07. The van der Waals surface area contributed by atoms with Crippen molar-refractivity contribution in [1.29, 1.82) is 0 Å². The monoisotopic (exact) mass is 253 g/mol. The first-order valence-corrected chi connectivity index (χ1v) is 6.15. The second-order valence-corrected chi connectivity index (χ2v) is 4.67. The molecule has 1 N–H and O–H groups in total. The number of aryl methyl sites for hydroxylation is 3. The highest BCUT2D eigenvalue weighted by molar-refractivity contribution is 5.54. The molecule has 0 aliphatic carbocycles. The van der Waals surface area contributed by atoms with E-state index in [1.807, 2.05) is 11.6 Å². The van der Waals surface area contributed by atoms with E-state index < -0.39 is 0 Å². The fraction of sp³-hybridized carbons (Fsp3) is 0.214. The molecule has 0 bridgehead atoms. The molecule has 1 aromatic carbocycles. The van der Waals surface area contributed by atoms with Gasteiger partial charge >= 0.3 is 0 Å². The Hall–Kier alpha value is -2.43. The maximum Gasteiger partial charge on any atom is 0.181 e. The lowest BCUT2D eigenvalue weighted by Gasteiger charge is -2.08. The lowest BCUT2D eigenvalue weighted by atomic mass is 10.1. The number of benzene rings is 1. The predicted molar refractivity (Wildman–Crippen MR) is 73.2 cm³/mol. The van der Waals surface area contributed by atoms with Crippen molar-refractivity contribution in [2.24, 2.45) is 0 Å². The second-order valence-electron chi connectivity index (χ2n) is 4.67. The molecule has 3 aromatic rings. The first-order chi connectivity index (χ1) is 9.15. The lowest BCUT2D eigenvalue weighted by molar-refractivity contribution is 0.875. The van der Waals surface area contributed by atoms with Crippen LogP contribution in [0.5, 0.6) is 0 Å². The lowest BCUT2D eigenvalue weighted by Crippen LogP contribution is -2.02. The molecule has 0 unspecified atom stereocenters. The topological polar surface area (TPSA) is 59.4 Å². The fourth-order valence-corrected chi connectivity index (χ4v) is 2.18. The van der Waals surface area contributed by atoms with Gasteiger partial charge in [-0.3, -0.25) is 0 Å². The first kappa shape index (κ1) is 11.6. The van der Waals surface area contributed by atoms with Crippen LogP contribution in [0.4, 0.5) is 0 Å². The van der Waals surface area contributed by atoms with E-state index in [1.54, 1.807) is 12.5 Å². The van der Waals surface area contributed by atoms with Crippen LogP contribution in [-0.4, -0.2) is 24.7 Å². The van der Waals surface area contributed by atoms with Crippen molar-refractivity contribution >= 4 is 0 Å². The Bertz CT molecular complexity index is 723. The maximum absolute atomic E-state index is 4.32. The molecule has 0 fully saturated rings. The number of aromatic nitrogens is 5. The summed E-state index contributed by atoms with van der Waals surface area (Å²) in [5.41, 5.74) is 4.31. The van der Waals surface area contributed by atoms with Crippen LogP contribution in [0.1, 0.15) is 17.0 Å². The van der Waals surface area contributed by atoms with Crippen LogP contribution in [0, 0.1) is 20.8 Å². The summed E-state index contributed by atoms with van der Waals surface area (Å²) in [6.07, 6.45) is 3.34. The molecular weight excluding hydrogens is 238 g/mol. The third-order valence-electron chi connectivity index (χ3n) is 3.07. The van der Waals surface area contributed by atoms with Crippen molar-refractivity contribution in [3.05, 3.63) is 47.7 Å². The van der Waals surface area contributed by atoms with Crippen molar-refractivity contribution in [2.75, 3.05) is 0 Å². The van der Waals surface area contributed by atoms with Gasteiger partial charge in [-0.25, -0.2) is 14.6 Å². The summed E-state index contributed by atoms with van der Waals surface area (Å²) in [5.74, 6) is 1.64. The average Bonchev–Trinajstić information content (AvgIpc) is 2.97. The van der Waals surface area contributed by atoms with E-state index in [-0.39, 0.29) is 0 Å². The van der Waals surface area contributed by atoms with Crippen molar-refractivity contribution in [2.45, 2.75) is 20.8 Å². The number of rotatable bonds is 2. The van der Waals surface area contributed by atoms with Gasteiger partial charge in [0.05, 0.1) is 11.9 Å². The zero-order valence-corrected chi connectivity index (χ0v) is 11.2. The first-order valence-electron chi connectivity index (χ1n) is 6.15. The normalized spacial score (nSPS) is 10.9. The average molecular weight is 253 g/mol. The molecule has 0 saturated heterocycles.